The van der Waals surface area contributed by atoms with Crippen molar-refractivity contribution in [2.45, 2.75) is 13.5 Å². The first-order chi connectivity index (χ1) is 9.17. The first-order valence-corrected chi connectivity index (χ1v) is 6.16. The first kappa shape index (κ1) is 11.9. The van der Waals surface area contributed by atoms with Crippen LogP contribution in [0, 0.1) is 12.7 Å². The van der Waals surface area contributed by atoms with Crippen molar-refractivity contribution in [3.05, 3.63) is 59.4 Å². The third kappa shape index (κ3) is 2.13. The van der Waals surface area contributed by atoms with E-state index in [0.29, 0.717) is 12.1 Å². The summed E-state index contributed by atoms with van der Waals surface area (Å²) in [4.78, 5) is 0. The van der Waals surface area contributed by atoms with Crippen LogP contribution in [0.5, 0.6) is 0 Å². The SMILES string of the molecule is Cc1cc(CN)ccc1-c1cc2cc(F)ccc2o1. The van der Waals surface area contributed by atoms with E-state index < -0.39 is 0 Å². The first-order valence-electron chi connectivity index (χ1n) is 6.16. The number of hydrogen-bond donors (Lipinski definition) is 1. The molecule has 2 aromatic carbocycles. The fourth-order valence-corrected chi connectivity index (χ4v) is 2.28. The highest BCUT2D eigenvalue weighted by Gasteiger charge is 2.09. The van der Waals surface area contributed by atoms with E-state index in [0.717, 1.165) is 27.8 Å². The van der Waals surface area contributed by atoms with Crippen molar-refractivity contribution in [3.63, 3.8) is 0 Å². The highest BCUT2D eigenvalue weighted by molar-refractivity contribution is 5.83. The Morgan fingerprint density at radius 2 is 1.95 bits per heavy atom. The molecule has 0 saturated heterocycles. The van der Waals surface area contributed by atoms with Gasteiger partial charge in [-0.05, 0) is 42.3 Å². The van der Waals surface area contributed by atoms with Gasteiger partial charge in [-0.1, -0.05) is 18.2 Å². The number of fused-ring (bicyclic) bond motifs is 1. The zero-order chi connectivity index (χ0) is 13.4. The van der Waals surface area contributed by atoms with Gasteiger partial charge >= 0.3 is 0 Å². The van der Waals surface area contributed by atoms with Gasteiger partial charge in [-0.25, -0.2) is 4.39 Å². The summed E-state index contributed by atoms with van der Waals surface area (Å²) in [6.45, 7) is 2.54. The predicted molar refractivity (Wildman–Crippen MR) is 74.2 cm³/mol. The molecule has 19 heavy (non-hydrogen) atoms. The molecule has 3 aromatic rings. The Balaban J connectivity index is 2.13. The van der Waals surface area contributed by atoms with Crippen molar-refractivity contribution >= 4 is 11.0 Å². The van der Waals surface area contributed by atoms with Crippen LogP contribution in [-0.4, -0.2) is 0 Å². The molecular weight excluding hydrogens is 241 g/mol. The molecule has 0 atom stereocenters. The van der Waals surface area contributed by atoms with Crippen molar-refractivity contribution < 1.29 is 8.81 Å². The maximum absolute atomic E-state index is 13.2. The Labute approximate surface area is 110 Å². The fourth-order valence-electron chi connectivity index (χ4n) is 2.28. The molecule has 1 heterocycles. The summed E-state index contributed by atoms with van der Waals surface area (Å²) >= 11 is 0. The van der Waals surface area contributed by atoms with E-state index in [1.54, 1.807) is 6.07 Å². The number of aryl methyl sites for hydroxylation is 1. The summed E-state index contributed by atoms with van der Waals surface area (Å²) in [5.41, 5.74) is 9.51. The number of rotatable bonds is 2. The molecule has 0 aliphatic carbocycles. The molecule has 0 bridgehead atoms. The lowest BCUT2D eigenvalue weighted by molar-refractivity contribution is 0.619. The van der Waals surface area contributed by atoms with Crippen molar-refractivity contribution in [1.29, 1.82) is 0 Å². The van der Waals surface area contributed by atoms with Gasteiger partial charge in [0.1, 0.15) is 17.2 Å². The molecule has 0 radical (unpaired) electrons. The van der Waals surface area contributed by atoms with Gasteiger partial charge < -0.3 is 10.2 Å². The molecule has 0 fully saturated rings. The summed E-state index contributed by atoms with van der Waals surface area (Å²) in [6.07, 6.45) is 0. The third-order valence-corrected chi connectivity index (χ3v) is 3.27. The van der Waals surface area contributed by atoms with Crippen LogP contribution in [0.25, 0.3) is 22.3 Å². The van der Waals surface area contributed by atoms with Crippen LogP contribution in [0.3, 0.4) is 0 Å². The van der Waals surface area contributed by atoms with Gasteiger partial charge in [0.05, 0.1) is 0 Å². The number of nitrogens with two attached hydrogens (primary N) is 1. The highest BCUT2D eigenvalue weighted by Crippen LogP contribution is 2.30. The van der Waals surface area contributed by atoms with Crippen LogP contribution in [0.15, 0.2) is 46.9 Å². The third-order valence-electron chi connectivity index (χ3n) is 3.27. The Morgan fingerprint density at radius 3 is 2.68 bits per heavy atom. The Morgan fingerprint density at radius 1 is 1.11 bits per heavy atom. The second kappa shape index (κ2) is 4.52. The fraction of sp³-hybridized carbons (Fsp3) is 0.125. The molecule has 3 rings (SSSR count). The van der Waals surface area contributed by atoms with Crippen molar-refractivity contribution in [2.24, 2.45) is 5.73 Å². The zero-order valence-corrected chi connectivity index (χ0v) is 10.6. The minimum Gasteiger partial charge on any atom is -0.456 e. The minimum atomic E-state index is -0.255. The number of benzene rings is 2. The van der Waals surface area contributed by atoms with E-state index in [4.69, 9.17) is 10.2 Å². The summed E-state index contributed by atoms with van der Waals surface area (Å²) in [7, 11) is 0. The van der Waals surface area contributed by atoms with E-state index in [1.165, 1.54) is 12.1 Å². The van der Waals surface area contributed by atoms with E-state index in [-0.39, 0.29) is 5.82 Å². The monoisotopic (exact) mass is 255 g/mol. The van der Waals surface area contributed by atoms with E-state index in [2.05, 4.69) is 0 Å². The summed E-state index contributed by atoms with van der Waals surface area (Å²) in [5.74, 6) is 0.497. The lowest BCUT2D eigenvalue weighted by atomic mass is 10.0. The van der Waals surface area contributed by atoms with E-state index in [1.807, 2.05) is 31.2 Å². The molecule has 0 aliphatic heterocycles. The predicted octanol–water partition coefficient (Wildman–Crippen LogP) is 4.01. The second-order valence-corrected chi connectivity index (χ2v) is 4.65. The standard InChI is InChI=1S/C16H14FNO/c1-10-6-11(9-18)2-4-14(10)16-8-12-7-13(17)3-5-15(12)19-16/h2-8H,9,18H2,1H3. The molecule has 1 aromatic heterocycles. The molecule has 2 N–H and O–H groups in total. The lowest BCUT2D eigenvalue weighted by Crippen LogP contribution is -1.96. The quantitative estimate of drug-likeness (QED) is 0.751. The molecule has 0 unspecified atom stereocenters. The Kier molecular flexibility index (Phi) is 2.84. The molecule has 96 valence electrons. The zero-order valence-electron chi connectivity index (χ0n) is 10.6. The smallest absolute Gasteiger partial charge is 0.135 e. The number of halogens is 1. The minimum absolute atomic E-state index is 0.255. The van der Waals surface area contributed by atoms with Gasteiger partial charge in [0.25, 0.3) is 0 Å². The molecule has 0 saturated carbocycles. The van der Waals surface area contributed by atoms with E-state index in [9.17, 15) is 4.39 Å². The van der Waals surface area contributed by atoms with Gasteiger partial charge in [-0.2, -0.15) is 0 Å². The van der Waals surface area contributed by atoms with Gasteiger partial charge in [0, 0.05) is 17.5 Å². The van der Waals surface area contributed by atoms with Crippen LogP contribution in [0.1, 0.15) is 11.1 Å². The molecular formula is C16H14FNO. The lowest BCUT2D eigenvalue weighted by Gasteiger charge is -2.04. The average molecular weight is 255 g/mol. The van der Waals surface area contributed by atoms with Crippen molar-refractivity contribution in [1.82, 2.24) is 0 Å². The number of furan rings is 1. The molecule has 3 heteroatoms. The summed E-state index contributed by atoms with van der Waals surface area (Å²) in [6, 6.07) is 12.4. The van der Waals surface area contributed by atoms with E-state index >= 15 is 0 Å². The Bertz CT molecular complexity index is 746. The second-order valence-electron chi connectivity index (χ2n) is 4.65. The Hall–Kier alpha value is -2.13. The normalized spacial score (nSPS) is 11.1. The maximum atomic E-state index is 13.2. The topological polar surface area (TPSA) is 39.2 Å². The molecule has 2 nitrogen and oxygen atoms in total. The summed E-state index contributed by atoms with van der Waals surface area (Å²) in [5, 5.41) is 0.775. The number of hydrogen-bond acceptors (Lipinski definition) is 2. The summed E-state index contributed by atoms with van der Waals surface area (Å²) < 4.78 is 18.9. The van der Waals surface area contributed by atoms with Crippen LogP contribution < -0.4 is 5.73 Å². The molecule has 0 aliphatic rings. The molecule has 0 amide bonds. The maximum Gasteiger partial charge on any atom is 0.135 e. The van der Waals surface area contributed by atoms with Crippen LogP contribution in [0.4, 0.5) is 4.39 Å². The van der Waals surface area contributed by atoms with Gasteiger partial charge in [0.2, 0.25) is 0 Å². The van der Waals surface area contributed by atoms with Crippen LogP contribution in [-0.2, 0) is 6.54 Å². The van der Waals surface area contributed by atoms with Crippen LogP contribution in [0.2, 0.25) is 0 Å². The van der Waals surface area contributed by atoms with Gasteiger partial charge in [-0.15, -0.1) is 0 Å². The highest BCUT2D eigenvalue weighted by atomic mass is 19.1. The van der Waals surface area contributed by atoms with Crippen molar-refractivity contribution in [2.75, 3.05) is 0 Å². The largest absolute Gasteiger partial charge is 0.456 e. The van der Waals surface area contributed by atoms with Gasteiger partial charge in [-0.3, -0.25) is 0 Å². The molecule has 0 spiro atoms. The van der Waals surface area contributed by atoms with Crippen LogP contribution >= 0.6 is 0 Å². The van der Waals surface area contributed by atoms with Gasteiger partial charge in [0.15, 0.2) is 0 Å². The average Bonchev–Trinajstić information content (AvgIpc) is 2.81. The van der Waals surface area contributed by atoms with Crippen molar-refractivity contribution in [3.8, 4) is 11.3 Å².